The summed E-state index contributed by atoms with van der Waals surface area (Å²) in [6.45, 7) is 3.82. The molecule has 2 atom stereocenters. The number of aromatic nitrogens is 5. The second-order valence-corrected chi connectivity index (χ2v) is 11.6. The molecule has 1 fully saturated rings. The molecule has 2 amide bonds. The molecule has 1 saturated heterocycles. The quantitative estimate of drug-likeness (QED) is 0.140. The Balaban J connectivity index is 1.21. The Morgan fingerprint density at radius 3 is 2.67 bits per heavy atom. The van der Waals surface area contributed by atoms with Crippen LogP contribution in [-0.4, -0.2) is 61.1 Å². The number of aliphatic hydroxyl groups is 1. The standard InChI is InChI=1S/C34H44N10O2/c1-3-10-28(40-33-37-22-30(35)32(41-33)43-18-16-29(45)24-43)13-8-5-9-17-44(34(46)38-19-25-11-6-4-7-12-25)31-15-14-26(20-36-31)27-21-39-42(2)23-27/h4,6-7,9,11-12,14-15,17,20-23,28-29,45H,3,5,8,10,13,16,18-19,24,35H2,1-2H3,(H,38,46)(H,37,40,41)/b17-9+/t28-,29?/m1/s1. The molecule has 0 bridgehead atoms. The van der Waals surface area contributed by atoms with E-state index in [1.54, 1.807) is 34.4 Å². The smallest absolute Gasteiger partial charge is 0.327 e. The molecule has 1 unspecified atom stereocenters. The number of unbranched alkanes of at least 4 members (excludes halogenated alkanes) is 1. The number of nitrogens with two attached hydrogens (primary N) is 1. The van der Waals surface area contributed by atoms with Crippen LogP contribution in [0.1, 0.15) is 51.0 Å². The zero-order valence-corrected chi connectivity index (χ0v) is 26.6. The number of aryl methyl sites for hydroxylation is 1. The van der Waals surface area contributed by atoms with Crippen LogP contribution in [0.3, 0.4) is 0 Å². The molecule has 242 valence electrons. The van der Waals surface area contributed by atoms with Gasteiger partial charge in [0.15, 0.2) is 5.82 Å². The zero-order valence-electron chi connectivity index (χ0n) is 26.6. The Labute approximate surface area is 270 Å². The van der Waals surface area contributed by atoms with Crippen LogP contribution in [0.25, 0.3) is 11.1 Å². The molecule has 5 rings (SSSR count). The van der Waals surface area contributed by atoms with E-state index in [9.17, 15) is 9.90 Å². The summed E-state index contributed by atoms with van der Waals surface area (Å²) in [5.41, 5.74) is 9.58. The topological polar surface area (TPSA) is 150 Å². The summed E-state index contributed by atoms with van der Waals surface area (Å²) < 4.78 is 1.75. The summed E-state index contributed by atoms with van der Waals surface area (Å²) in [7, 11) is 1.87. The van der Waals surface area contributed by atoms with Crippen LogP contribution in [0.4, 0.5) is 28.1 Å². The van der Waals surface area contributed by atoms with E-state index in [1.165, 1.54) is 0 Å². The summed E-state index contributed by atoms with van der Waals surface area (Å²) in [5.74, 6) is 1.74. The Hall–Kier alpha value is -4.97. The minimum Gasteiger partial charge on any atom is -0.394 e. The van der Waals surface area contributed by atoms with E-state index in [0.717, 1.165) is 55.3 Å². The van der Waals surface area contributed by atoms with Crippen molar-refractivity contribution in [2.75, 3.05) is 33.9 Å². The fourth-order valence-corrected chi connectivity index (χ4v) is 5.50. The molecule has 5 N–H and O–H groups in total. The number of amides is 2. The van der Waals surface area contributed by atoms with Gasteiger partial charge in [0.25, 0.3) is 0 Å². The monoisotopic (exact) mass is 624 g/mol. The van der Waals surface area contributed by atoms with Crippen LogP contribution >= 0.6 is 0 Å². The van der Waals surface area contributed by atoms with E-state index in [1.807, 2.05) is 66.7 Å². The molecule has 1 aliphatic rings. The predicted molar refractivity (Wildman–Crippen MR) is 182 cm³/mol. The summed E-state index contributed by atoms with van der Waals surface area (Å²) in [6.07, 6.45) is 15.8. The summed E-state index contributed by atoms with van der Waals surface area (Å²) in [6, 6.07) is 13.5. The van der Waals surface area contributed by atoms with Gasteiger partial charge in [-0.1, -0.05) is 49.8 Å². The van der Waals surface area contributed by atoms with Gasteiger partial charge in [0.1, 0.15) is 5.82 Å². The lowest BCUT2D eigenvalue weighted by Crippen LogP contribution is -2.36. The first kappa shape index (κ1) is 32.4. The Kier molecular flexibility index (Phi) is 11.2. The van der Waals surface area contributed by atoms with Gasteiger partial charge in [-0.05, 0) is 49.8 Å². The fraction of sp³-hybridized carbons (Fsp3) is 0.382. The van der Waals surface area contributed by atoms with Crippen molar-refractivity contribution in [1.82, 2.24) is 30.0 Å². The second kappa shape index (κ2) is 15.8. The van der Waals surface area contributed by atoms with Gasteiger partial charge in [0.05, 0.1) is 24.2 Å². The number of nitrogens with zero attached hydrogens (tertiary/aromatic N) is 7. The third kappa shape index (κ3) is 8.81. The van der Waals surface area contributed by atoms with Gasteiger partial charge in [-0.25, -0.2) is 14.8 Å². The first-order valence-corrected chi connectivity index (χ1v) is 15.9. The number of β-amino-alcohol motifs (C(OH)–C–C–N with tert-alkyl or cyclic N) is 1. The number of benzene rings is 1. The molecule has 1 aliphatic heterocycles. The number of pyridine rings is 1. The number of urea groups is 1. The summed E-state index contributed by atoms with van der Waals surface area (Å²) in [5, 5.41) is 20.7. The van der Waals surface area contributed by atoms with Crippen LogP contribution in [0.5, 0.6) is 0 Å². The molecule has 1 aromatic carbocycles. The largest absolute Gasteiger partial charge is 0.394 e. The molecule has 0 aliphatic carbocycles. The molecule has 0 radical (unpaired) electrons. The first-order valence-electron chi connectivity index (χ1n) is 15.9. The molecule has 0 spiro atoms. The highest BCUT2D eigenvalue weighted by atomic mass is 16.3. The van der Waals surface area contributed by atoms with Crippen LogP contribution in [0, 0.1) is 0 Å². The Morgan fingerprint density at radius 1 is 1.13 bits per heavy atom. The molecule has 0 saturated carbocycles. The zero-order chi connectivity index (χ0) is 32.3. The third-order valence-corrected chi connectivity index (χ3v) is 7.95. The van der Waals surface area contributed by atoms with E-state index in [0.29, 0.717) is 42.8 Å². The normalized spacial score (nSPS) is 15.3. The summed E-state index contributed by atoms with van der Waals surface area (Å²) >= 11 is 0. The van der Waals surface area contributed by atoms with Crippen molar-refractivity contribution in [3.05, 3.63) is 85.1 Å². The third-order valence-electron chi connectivity index (χ3n) is 7.95. The van der Waals surface area contributed by atoms with Gasteiger partial charge >= 0.3 is 6.03 Å². The van der Waals surface area contributed by atoms with E-state index in [2.05, 4.69) is 37.6 Å². The van der Waals surface area contributed by atoms with Gasteiger partial charge in [0, 0.05) is 62.4 Å². The SMILES string of the molecule is CCC[C@H](CCC/C=C/N(C(=O)NCc1ccccc1)c1ccc(-c2cnn(C)c2)cn1)Nc1ncc(N)c(N2CCC(O)C2)n1. The minimum absolute atomic E-state index is 0.186. The number of hydrogen-bond acceptors (Lipinski definition) is 9. The van der Waals surface area contributed by atoms with Crippen molar-refractivity contribution in [2.45, 2.75) is 64.1 Å². The van der Waals surface area contributed by atoms with E-state index >= 15 is 0 Å². The van der Waals surface area contributed by atoms with Crippen molar-refractivity contribution in [2.24, 2.45) is 7.05 Å². The van der Waals surface area contributed by atoms with Crippen LogP contribution in [0.15, 0.2) is 79.5 Å². The maximum atomic E-state index is 13.4. The highest BCUT2D eigenvalue weighted by molar-refractivity contribution is 5.92. The van der Waals surface area contributed by atoms with Crippen LogP contribution < -0.4 is 26.2 Å². The maximum absolute atomic E-state index is 13.4. The number of anilines is 4. The van der Waals surface area contributed by atoms with Crippen LogP contribution in [0.2, 0.25) is 0 Å². The Bertz CT molecular complexity index is 1570. The van der Waals surface area contributed by atoms with Crippen molar-refractivity contribution in [3.8, 4) is 11.1 Å². The molecule has 4 aromatic rings. The maximum Gasteiger partial charge on any atom is 0.327 e. The van der Waals surface area contributed by atoms with Gasteiger partial charge < -0.3 is 26.4 Å². The lowest BCUT2D eigenvalue weighted by atomic mass is 10.1. The van der Waals surface area contributed by atoms with E-state index < -0.39 is 0 Å². The van der Waals surface area contributed by atoms with Crippen molar-refractivity contribution < 1.29 is 9.90 Å². The highest BCUT2D eigenvalue weighted by Gasteiger charge is 2.24. The Morgan fingerprint density at radius 2 is 1.98 bits per heavy atom. The van der Waals surface area contributed by atoms with Crippen molar-refractivity contribution in [3.63, 3.8) is 0 Å². The number of hydrogen-bond donors (Lipinski definition) is 4. The van der Waals surface area contributed by atoms with Crippen LogP contribution in [-0.2, 0) is 13.6 Å². The lowest BCUT2D eigenvalue weighted by molar-refractivity contribution is 0.198. The van der Waals surface area contributed by atoms with E-state index in [4.69, 9.17) is 5.73 Å². The molecular formula is C34H44N10O2. The fourth-order valence-electron chi connectivity index (χ4n) is 5.50. The molecule has 46 heavy (non-hydrogen) atoms. The molecule has 12 nitrogen and oxygen atoms in total. The number of allylic oxidation sites excluding steroid dienone is 1. The number of carbonyl (C=O) groups excluding carboxylic acids is 1. The van der Waals surface area contributed by atoms with Gasteiger partial charge in [-0.2, -0.15) is 10.1 Å². The minimum atomic E-state index is -0.362. The predicted octanol–water partition coefficient (Wildman–Crippen LogP) is 5.11. The second-order valence-electron chi connectivity index (χ2n) is 11.6. The molecular weight excluding hydrogens is 580 g/mol. The average molecular weight is 625 g/mol. The first-order chi connectivity index (χ1) is 22.4. The average Bonchev–Trinajstić information content (AvgIpc) is 3.71. The van der Waals surface area contributed by atoms with Gasteiger partial charge in [-0.15, -0.1) is 0 Å². The van der Waals surface area contributed by atoms with E-state index in [-0.39, 0.29) is 18.2 Å². The highest BCUT2D eigenvalue weighted by Crippen LogP contribution is 2.26. The number of nitrogen functional groups attached to an aromatic ring is 1. The van der Waals surface area contributed by atoms with Gasteiger partial charge in [0.2, 0.25) is 5.95 Å². The summed E-state index contributed by atoms with van der Waals surface area (Å²) in [4.78, 5) is 30.6. The number of carbonyl (C=O) groups is 1. The molecule has 3 aromatic heterocycles. The number of rotatable bonds is 14. The molecule has 4 heterocycles. The van der Waals surface area contributed by atoms with Crippen molar-refractivity contribution in [1.29, 1.82) is 0 Å². The van der Waals surface area contributed by atoms with Crippen molar-refractivity contribution >= 4 is 29.3 Å². The molecule has 12 heteroatoms. The number of aliphatic hydroxyl groups excluding tert-OH is 1. The number of nitrogens with one attached hydrogen (secondary N) is 2. The van der Waals surface area contributed by atoms with Gasteiger partial charge in [-0.3, -0.25) is 9.58 Å². The lowest BCUT2D eigenvalue weighted by Gasteiger charge is -2.22.